The van der Waals surface area contributed by atoms with E-state index in [0.29, 0.717) is 5.82 Å². The van der Waals surface area contributed by atoms with Crippen LogP contribution in [-0.4, -0.2) is 20.7 Å². The van der Waals surface area contributed by atoms with Crippen molar-refractivity contribution in [2.75, 3.05) is 5.32 Å². The maximum absolute atomic E-state index is 11.0. The van der Waals surface area contributed by atoms with E-state index in [9.17, 15) is 4.79 Å². The zero-order chi connectivity index (χ0) is 13.4. The first-order chi connectivity index (χ1) is 9.11. The summed E-state index contributed by atoms with van der Waals surface area (Å²) in [6.07, 6.45) is 1.78. The monoisotopic (exact) mass is 336 g/mol. The first-order valence-electron chi connectivity index (χ1n) is 5.51. The molecular weight excluding hydrogens is 328 g/mol. The zero-order valence-electron chi connectivity index (χ0n) is 9.92. The topological polar surface area (TPSA) is 59.8 Å². The quantitative estimate of drug-likeness (QED) is 0.781. The Kier molecular flexibility index (Phi) is 3.08. The van der Waals surface area contributed by atoms with Gasteiger partial charge in [-0.1, -0.05) is 27.3 Å². The molecule has 0 bridgehead atoms. The van der Waals surface area contributed by atoms with E-state index in [2.05, 4.69) is 31.3 Å². The van der Waals surface area contributed by atoms with Crippen LogP contribution in [0.3, 0.4) is 0 Å². The van der Waals surface area contributed by atoms with Gasteiger partial charge in [0.2, 0.25) is 11.0 Å². The Balaban J connectivity index is 1.99. The molecule has 2 aromatic heterocycles. The van der Waals surface area contributed by atoms with E-state index in [0.717, 1.165) is 19.8 Å². The Morgan fingerprint density at radius 3 is 3.05 bits per heavy atom. The van der Waals surface area contributed by atoms with Crippen molar-refractivity contribution < 1.29 is 4.79 Å². The molecule has 1 aromatic carbocycles. The van der Waals surface area contributed by atoms with E-state index in [1.807, 2.05) is 18.2 Å². The molecule has 19 heavy (non-hydrogen) atoms. The molecule has 0 aliphatic rings. The van der Waals surface area contributed by atoms with Crippen molar-refractivity contribution >= 4 is 49.2 Å². The summed E-state index contributed by atoms with van der Waals surface area (Å²) >= 11 is 4.98. The number of nitrogens with zero attached hydrogens (tertiary/aromatic N) is 3. The van der Waals surface area contributed by atoms with Gasteiger partial charge in [0, 0.05) is 23.7 Å². The normalized spacial score (nSPS) is 10.8. The average Bonchev–Trinajstić information content (AvgIpc) is 2.93. The minimum absolute atomic E-state index is 0.140. The maximum atomic E-state index is 11.0. The number of amides is 1. The van der Waals surface area contributed by atoms with Crippen LogP contribution in [0.1, 0.15) is 6.92 Å². The van der Waals surface area contributed by atoms with E-state index < -0.39 is 0 Å². The lowest BCUT2D eigenvalue weighted by Gasteiger charge is -1.95. The van der Waals surface area contributed by atoms with Gasteiger partial charge in [-0.15, -0.1) is 5.10 Å². The molecule has 0 aliphatic carbocycles. The summed E-state index contributed by atoms with van der Waals surface area (Å²) < 4.78 is 3.76. The minimum Gasteiger partial charge on any atom is -0.309 e. The van der Waals surface area contributed by atoms with Crippen LogP contribution in [0.15, 0.2) is 34.9 Å². The number of hydrogen-bond acceptors (Lipinski definition) is 4. The van der Waals surface area contributed by atoms with E-state index >= 15 is 0 Å². The second kappa shape index (κ2) is 4.75. The second-order valence-electron chi connectivity index (χ2n) is 3.94. The average molecular weight is 337 g/mol. The molecule has 0 saturated heterocycles. The van der Waals surface area contributed by atoms with Crippen molar-refractivity contribution in [1.29, 1.82) is 0 Å². The number of benzene rings is 1. The molecule has 7 heteroatoms. The highest BCUT2D eigenvalue weighted by atomic mass is 79.9. The van der Waals surface area contributed by atoms with Gasteiger partial charge in [0.25, 0.3) is 0 Å². The van der Waals surface area contributed by atoms with Crippen LogP contribution in [0.25, 0.3) is 15.3 Å². The fourth-order valence-electron chi connectivity index (χ4n) is 1.66. The molecule has 0 spiro atoms. The number of nitrogens with one attached hydrogen (secondary N) is 1. The molecule has 5 nitrogen and oxygen atoms in total. The van der Waals surface area contributed by atoms with E-state index in [-0.39, 0.29) is 5.91 Å². The largest absolute Gasteiger partial charge is 0.309 e. The van der Waals surface area contributed by atoms with Crippen molar-refractivity contribution in [2.24, 2.45) is 0 Å². The van der Waals surface area contributed by atoms with E-state index in [4.69, 9.17) is 0 Å². The molecule has 1 N–H and O–H groups in total. The Hall–Kier alpha value is -1.73. The molecular formula is C12H9BrN4OS. The molecule has 0 fully saturated rings. The van der Waals surface area contributed by atoms with Crippen LogP contribution < -0.4 is 5.32 Å². The molecule has 3 aromatic rings. The van der Waals surface area contributed by atoms with Gasteiger partial charge in [0.1, 0.15) is 0 Å². The number of anilines is 1. The van der Waals surface area contributed by atoms with Crippen molar-refractivity contribution in [3.05, 3.63) is 34.9 Å². The summed E-state index contributed by atoms with van der Waals surface area (Å²) in [5.74, 6) is 0.381. The molecule has 0 atom stereocenters. The summed E-state index contributed by atoms with van der Waals surface area (Å²) in [6.45, 7) is 1.45. The SMILES string of the molecule is CC(=O)Nc1ccn(-c2nc3ccc(Br)cc3s2)n1. The molecule has 2 heterocycles. The number of aromatic nitrogens is 3. The number of halogens is 1. The van der Waals surface area contributed by atoms with Gasteiger partial charge in [0.05, 0.1) is 10.2 Å². The van der Waals surface area contributed by atoms with E-state index in [1.165, 1.54) is 6.92 Å². The lowest BCUT2D eigenvalue weighted by atomic mass is 10.3. The summed E-state index contributed by atoms with van der Waals surface area (Å²) in [7, 11) is 0. The number of carbonyl (C=O) groups excluding carboxylic acids is 1. The van der Waals surface area contributed by atoms with Gasteiger partial charge in [0.15, 0.2) is 5.82 Å². The summed E-state index contributed by atoms with van der Waals surface area (Å²) in [6, 6.07) is 7.67. The van der Waals surface area contributed by atoms with Gasteiger partial charge in [-0.25, -0.2) is 9.67 Å². The second-order valence-corrected chi connectivity index (χ2v) is 5.86. The molecule has 0 aliphatic heterocycles. The highest BCUT2D eigenvalue weighted by Crippen LogP contribution is 2.27. The van der Waals surface area contributed by atoms with Gasteiger partial charge >= 0.3 is 0 Å². The first-order valence-corrected chi connectivity index (χ1v) is 7.12. The minimum atomic E-state index is -0.140. The fourth-order valence-corrected chi connectivity index (χ4v) is 3.11. The smallest absolute Gasteiger partial charge is 0.222 e. The standard InChI is InChI=1S/C12H9BrN4OS/c1-7(18)14-11-4-5-17(16-11)12-15-9-3-2-8(13)6-10(9)19-12/h2-6H,1H3,(H,14,16,18). The number of thiazole rings is 1. The highest BCUT2D eigenvalue weighted by Gasteiger charge is 2.08. The van der Waals surface area contributed by atoms with Crippen molar-refractivity contribution in [2.45, 2.75) is 6.92 Å². The van der Waals surface area contributed by atoms with Gasteiger partial charge in [-0.2, -0.15) is 0 Å². The van der Waals surface area contributed by atoms with Crippen LogP contribution >= 0.6 is 27.3 Å². The van der Waals surface area contributed by atoms with Crippen LogP contribution in [0.2, 0.25) is 0 Å². The molecule has 0 unspecified atom stereocenters. The number of rotatable bonds is 2. The molecule has 96 valence electrons. The first kappa shape index (κ1) is 12.3. The zero-order valence-corrected chi connectivity index (χ0v) is 12.3. The molecule has 0 saturated carbocycles. The van der Waals surface area contributed by atoms with Crippen molar-refractivity contribution in [3.8, 4) is 5.13 Å². The van der Waals surface area contributed by atoms with Crippen molar-refractivity contribution in [1.82, 2.24) is 14.8 Å². The Bertz CT molecular complexity index is 764. The van der Waals surface area contributed by atoms with Crippen molar-refractivity contribution in [3.63, 3.8) is 0 Å². The summed E-state index contributed by atoms with van der Waals surface area (Å²) in [4.78, 5) is 15.5. The lowest BCUT2D eigenvalue weighted by molar-refractivity contribution is -0.114. The van der Waals surface area contributed by atoms with Crippen LogP contribution in [0.4, 0.5) is 5.82 Å². The molecule has 0 radical (unpaired) electrons. The van der Waals surface area contributed by atoms with Crippen LogP contribution in [-0.2, 0) is 4.79 Å². The maximum Gasteiger partial charge on any atom is 0.222 e. The lowest BCUT2D eigenvalue weighted by Crippen LogP contribution is -2.06. The predicted molar refractivity (Wildman–Crippen MR) is 78.7 cm³/mol. The number of carbonyl (C=O) groups is 1. The van der Waals surface area contributed by atoms with Gasteiger partial charge in [-0.3, -0.25) is 4.79 Å². The van der Waals surface area contributed by atoms with Gasteiger partial charge < -0.3 is 5.32 Å². The van der Waals surface area contributed by atoms with Crippen LogP contribution in [0, 0.1) is 0 Å². The Labute approximate surface area is 121 Å². The van der Waals surface area contributed by atoms with Gasteiger partial charge in [-0.05, 0) is 18.2 Å². The molecule has 3 rings (SSSR count). The fraction of sp³-hybridized carbons (Fsp3) is 0.0833. The molecule has 1 amide bonds. The number of fused-ring (bicyclic) bond motifs is 1. The highest BCUT2D eigenvalue weighted by molar-refractivity contribution is 9.10. The third kappa shape index (κ3) is 2.52. The predicted octanol–water partition coefficient (Wildman–Crippen LogP) is 3.20. The van der Waals surface area contributed by atoms with Crippen LogP contribution in [0.5, 0.6) is 0 Å². The Morgan fingerprint density at radius 2 is 2.26 bits per heavy atom. The van der Waals surface area contributed by atoms with E-state index in [1.54, 1.807) is 28.3 Å². The number of hydrogen-bond donors (Lipinski definition) is 1. The third-order valence-corrected chi connectivity index (χ3v) is 3.93. The summed E-state index contributed by atoms with van der Waals surface area (Å²) in [5.41, 5.74) is 0.930. The third-order valence-electron chi connectivity index (χ3n) is 2.43. The Morgan fingerprint density at radius 1 is 1.42 bits per heavy atom. The summed E-state index contributed by atoms with van der Waals surface area (Å²) in [5, 5.41) is 7.66.